The molecule has 0 spiro atoms. The summed E-state index contributed by atoms with van der Waals surface area (Å²) in [4.78, 5) is 43.9. The number of H-pyrrole nitrogens is 1. The first-order valence-electron chi connectivity index (χ1n) is 13.4. The summed E-state index contributed by atoms with van der Waals surface area (Å²) in [6.07, 6.45) is -8.39. The van der Waals surface area contributed by atoms with E-state index in [2.05, 4.69) is 19.7 Å². The third kappa shape index (κ3) is 9.21. The molecule has 48 heavy (non-hydrogen) atoms. The zero-order valence-corrected chi connectivity index (χ0v) is 24.1. The molecule has 0 fully saturated rings. The smallest absolute Gasteiger partial charge is 0.475 e. The van der Waals surface area contributed by atoms with Crippen LogP contribution in [-0.4, -0.2) is 56.9 Å². The van der Waals surface area contributed by atoms with Crippen molar-refractivity contribution in [3.05, 3.63) is 96.2 Å². The largest absolute Gasteiger partial charge is 0.490 e. The lowest BCUT2D eigenvalue weighted by molar-refractivity contribution is -0.199. The summed E-state index contributed by atoms with van der Waals surface area (Å²) in [5, 5.41) is 7.12. The van der Waals surface area contributed by atoms with Crippen molar-refractivity contribution in [2.75, 3.05) is 6.61 Å². The summed E-state index contributed by atoms with van der Waals surface area (Å²) in [6.45, 7) is -0.426. The van der Waals surface area contributed by atoms with Gasteiger partial charge in [-0.05, 0) is 42.0 Å². The van der Waals surface area contributed by atoms with E-state index >= 15 is 0 Å². The minimum atomic E-state index is -5.08. The van der Waals surface area contributed by atoms with Gasteiger partial charge in [-0.3, -0.25) is 9.78 Å². The number of halogens is 6. The lowest BCUT2D eigenvalue weighted by atomic mass is 10.1. The number of carboxylic acids is 1. The number of nitrogens with two attached hydrogens (primary N) is 1. The monoisotopic (exact) mass is 676 g/mol. The first-order chi connectivity index (χ1) is 22.6. The second-order valence-electron chi connectivity index (χ2n) is 9.51. The molecule has 0 saturated heterocycles. The number of hydrogen-bond acceptors (Lipinski definition) is 8. The number of pyridine rings is 1. The Labute approximate surface area is 265 Å². The molecule has 0 aliphatic rings. The number of aliphatic carboxylic acids is 1. The van der Waals surface area contributed by atoms with Crippen molar-refractivity contribution in [3.63, 3.8) is 0 Å². The minimum absolute atomic E-state index is 0.0801. The summed E-state index contributed by atoms with van der Waals surface area (Å²) < 4.78 is 85.1. The van der Waals surface area contributed by atoms with E-state index < -0.39 is 36.8 Å². The highest BCUT2D eigenvalue weighted by atomic mass is 19.4. The number of imidazole rings is 1. The van der Waals surface area contributed by atoms with Crippen LogP contribution in [-0.2, 0) is 20.7 Å². The first-order valence-corrected chi connectivity index (χ1v) is 13.4. The maximum Gasteiger partial charge on any atom is 0.490 e. The van der Waals surface area contributed by atoms with Crippen molar-refractivity contribution in [3.8, 4) is 34.5 Å². The average molecular weight is 677 g/mol. The first kappa shape index (κ1) is 34.7. The number of hydrogen-bond donors (Lipinski definition) is 3. The van der Waals surface area contributed by atoms with Crippen molar-refractivity contribution >= 4 is 28.9 Å². The molecule has 0 bridgehead atoms. The summed E-state index contributed by atoms with van der Waals surface area (Å²) in [5.41, 5.74) is 8.12. The number of benzene rings is 3. The number of primary amides is 1. The SMILES string of the molecule is NC(=O)c1ccccc1Oc1cc2nc(-c3ccccn3)[nH]c2cc1Oc1ccc(CCOC(=O)C(F)(F)F)cc1.O=C(O)C(F)(F)F. The zero-order valence-electron chi connectivity index (χ0n) is 24.1. The molecule has 5 aromatic rings. The van der Waals surface area contributed by atoms with Gasteiger partial charge in [-0.15, -0.1) is 0 Å². The molecule has 4 N–H and O–H groups in total. The Bertz CT molecular complexity index is 1910. The van der Waals surface area contributed by atoms with Gasteiger partial charge >= 0.3 is 24.3 Å². The van der Waals surface area contributed by atoms with E-state index in [0.29, 0.717) is 33.9 Å². The molecule has 11 nitrogen and oxygen atoms in total. The van der Waals surface area contributed by atoms with Crippen LogP contribution in [0.3, 0.4) is 0 Å². The number of fused-ring (bicyclic) bond motifs is 1. The maximum atomic E-state index is 12.3. The van der Waals surface area contributed by atoms with Crippen LogP contribution in [0.2, 0.25) is 0 Å². The Hall–Kier alpha value is -6.13. The Kier molecular flexibility index (Phi) is 10.5. The molecule has 17 heteroatoms. The Morgan fingerprint density at radius 1 is 0.812 bits per heavy atom. The number of nitrogens with zero attached hydrogens (tertiary/aromatic N) is 2. The van der Waals surface area contributed by atoms with Crippen molar-refractivity contribution in [1.82, 2.24) is 15.0 Å². The van der Waals surface area contributed by atoms with Gasteiger partial charge in [-0.2, -0.15) is 26.3 Å². The van der Waals surface area contributed by atoms with Crippen molar-refractivity contribution in [1.29, 1.82) is 0 Å². The van der Waals surface area contributed by atoms with Gasteiger partial charge in [0, 0.05) is 24.8 Å². The van der Waals surface area contributed by atoms with Crippen LogP contribution in [0, 0.1) is 0 Å². The van der Waals surface area contributed by atoms with Gasteiger partial charge in [-0.25, -0.2) is 14.6 Å². The van der Waals surface area contributed by atoms with E-state index in [1.165, 1.54) is 6.07 Å². The Morgan fingerprint density at radius 3 is 2.06 bits per heavy atom. The van der Waals surface area contributed by atoms with E-state index in [1.54, 1.807) is 72.9 Å². The molecule has 0 aliphatic carbocycles. The van der Waals surface area contributed by atoms with Crippen LogP contribution < -0.4 is 15.2 Å². The highest BCUT2D eigenvalue weighted by molar-refractivity contribution is 5.95. The molecule has 2 aromatic heterocycles. The number of rotatable bonds is 9. The molecule has 0 radical (unpaired) electrons. The number of carboxylic acid groups (broad SMARTS) is 1. The van der Waals surface area contributed by atoms with Crippen molar-refractivity contribution in [2.45, 2.75) is 18.8 Å². The molecule has 0 aliphatic heterocycles. The normalized spacial score (nSPS) is 11.3. The quantitative estimate of drug-likeness (QED) is 0.115. The molecular formula is C31H22F6N4O7. The number of alkyl halides is 6. The predicted octanol–water partition coefficient (Wildman–Crippen LogP) is 6.59. The van der Waals surface area contributed by atoms with E-state index in [4.69, 9.17) is 25.1 Å². The molecule has 0 saturated carbocycles. The number of amides is 1. The molecular weight excluding hydrogens is 654 g/mol. The third-order valence-electron chi connectivity index (χ3n) is 6.08. The van der Waals surface area contributed by atoms with Crippen LogP contribution in [0.5, 0.6) is 23.0 Å². The summed E-state index contributed by atoms with van der Waals surface area (Å²) >= 11 is 0. The van der Waals surface area contributed by atoms with Crippen LogP contribution >= 0.6 is 0 Å². The molecule has 250 valence electrons. The highest BCUT2D eigenvalue weighted by Crippen LogP contribution is 2.39. The van der Waals surface area contributed by atoms with Crippen molar-refractivity contribution < 1.29 is 60.0 Å². The van der Waals surface area contributed by atoms with Crippen LogP contribution in [0.15, 0.2) is 85.1 Å². The van der Waals surface area contributed by atoms with Crippen molar-refractivity contribution in [2.24, 2.45) is 5.73 Å². The predicted molar refractivity (Wildman–Crippen MR) is 155 cm³/mol. The molecule has 2 heterocycles. The number of esters is 1. The summed E-state index contributed by atoms with van der Waals surface area (Å²) in [6, 6.07) is 21.7. The van der Waals surface area contributed by atoms with E-state index in [1.807, 2.05) is 6.07 Å². The fourth-order valence-electron chi connectivity index (χ4n) is 3.87. The Morgan fingerprint density at radius 2 is 1.46 bits per heavy atom. The molecule has 5 rings (SSSR count). The molecule has 0 unspecified atom stereocenters. The molecule has 3 aromatic carbocycles. The average Bonchev–Trinajstić information content (AvgIpc) is 3.45. The van der Waals surface area contributed by atoms with Gasteiger partial charge in [0.25, 0.3) is 5.91 Å². The van der Waals surface area contributed by atoms with Gasteiger partial charge < -0.3 is 30.0 Å². The zero-order chi connectivity index (χ0) is 35.1. The second-order valence-corrected chi connectivity index (χ2v) is 9.51. The topological polar surface area (TPSA) is 167 Å². The summed E-state index contributed by atoms with van der Waals surface area (Å²) in [5.74, 6) is -4.01. The van der Waals surface area contributed by atoms with Crippen LogP contribution in [0.25, 0.3) is 22.6 Å². The number of carbonyl (C=O) groups is 3. The summed E-state index contributed by atoms with van der Waals surface area (Å²) in [7, 11) is 0. The highest BCUT2D eigenvalue weighted by Gasteiger charge is 2.40. The molecule has 1 amide bonds. The fraction of sp³-hybridized carbons (Fsp3) is 0.129. The van der Waals surface area contributed by atoms with Gasteiger partial charge in [0.15, 0.2) is 17.3 Å². The number of aromatic amines is 1. The van der Waals surface area contributed by atoms with Crippen LogP contribution in [0.1, 0.15) is 15.9 Å². The minimum Gasteiger partial charge on any atom is -0.475 e. The van der Waals surface area contributed by atoms with Gasteiger partial charge in [-0.1, -0.05) is 30.3 Å². The fourth-order valence-corrected chi connectivity index (χ4v) is 3.87. The number of ether oxygens (including phenoxy) is 3. The lowest BCUT2D eigenvalue weighted by Gasteiger charge is -2.14. The van der Waals surface area contributed by atoms with E-state index in [-0.39, 0.29) is 29.2 Å². The van der Waals surface area contributed by atoms with Gasteiger partial charge in [0.1, 0.15) is 17.2 Å². The number of aromatic nitrogens is 3. The van der Waals surface area contributed by atoms with Crippen LogP contribution in [0.4, 0.5) is 26.3 Å². The molecule has 0 atom stereocenters. The third-order valence-corrected chi connectivity index (χ3v) is 6.08. The lowest BCUT2D eigenvalue weighted by Crippen LogP contribution is -2.26. The number of para-hydroxylation sites is 1. The Balaban J connectivity index is 0.000000671. The number of carbonyl (C=O) groups excluding carboxylic acids is 2. The van der Waals surface area contributed by atoms with E-state index in [9.17, 15) is 35.9 Å². The van der Waals surface area contributed by atoms with Gasteiger partial charge in [0.05, 0.1) is 23.2 Å². The maximum absolute atomic E-state index is 12.3. The van der Waals surface area contributed by atoms with Gasteiger partial charge in [0.2, 0.25) is 0 Å². The second kappa shape index (κ2) is 14.5. The van der Waals surface area contributed by atoms with E-state index in [0.717, 1.165) is 0 Å². The standard InChI is InChI=1S/C29H21F3N4O5.C2HF3O2/c30-29(31,32)28(38)39-14-12-17-8-10-18(11-9-17)40-24-15-21-22(36-27(35-21)20-6-3-4-13-34-20)16-25(24)41-23-7-2-1-5-19(23)26(33)37;3-2(4,5)1(6)7/h1-11,13,15-16H,12,14H2,(H2,33,37)(H,35,36);(H,6,7). The number of nitrogens with one attached hydrogen (secondary N) is 1.